The van der Waals surface area contributed by atoms with Gasteiger partial charge in [-0.3, -0.25) is 5.01 Å². The van der Waals surface area contributed by atoms with E-state index in [2.05, 4.69) is 51.5 Å². The van der Waals surface area contributed by atoms with Gasteiger partial charge < -0.3 is 14.2 Å². The molecule has 144 valence electrons. The third kappa shape index (κ3) is 3.89. The predicted molar refractivity (Wildman–Crippen MR) is 110 cm³/mol. The van der Waals surface area contributed by atoms with Crippen molar-refractivity contribution in [2.75, 3.05) is 39.3 Å². The van der Waals surface area contributed by atoms with Crippen LogP contribution in [0.3, 0.4) is 0 Å². The van der Waals surface area contributed by atoms with Gasteiger partial charge in [0.25, 0.3) is 0 Å². The second kappa shape index (κ2) is 7.94. The number of ether oxygens (including phenoxy) is 1. The number of benzene rings is 1. The van der Waals surface area contributed by atoms with Crippen LogP contribution < -0.4 is 15.6 Å². The van der Waals surface area contributed by atoms with Crippen molar-refractivity contribution in [2.45, 2.75) is 19.9 Å². The van der Waals surface area contributed by atoms with Gasteiger partial charge in [-0.05, 0) is 63.8 Å². The van der Waals surface area contributed by atoms with Gasteiger partial charge in [0.15, 0.2) is 5.82 Å². The Kier molecular flexibility index (Phi) is 5.62. The third-order valence-corrected chi connectivity index (χ3v) is 4.57. The average molecular weight is 368 g/mol. The molecule has 3 aromatic rings. The summed E-state index contributed by atoms with van der Waals surface area (Å²) in [5, 5.41) is 2.66. The van der Waals surface area contributed by atoms with E-state index in [0.717, 1.165) is 40.4 Å². The van der Waals surface area contributed by atoms with E-state index >= 15 is 0 Å². The number of methoxy groups -OCH3 is 1. The van der Waals surface area contributed by atoms with Gasteiger partial charge in [-0.1, -0.05) is 0 Å². The number of hydrogen-bond acceptors (Lipinski definition) is 6. The molecular formula is C20H28N6O. The van der Waals surface area contributed by atoms with Gasteiger partial charge in [0.05, 0.1) is 18.2 Å². The molecule has 0 fully saturated rings. The Labute approximate surface area is 160 Å². The molecular weight excluding hydrogens is 340 g/mol. The summed E-state index contributed by atoms with van der Waals surface area (Å²) in [6.45, 7) is 5.84. The monoisotopic (exact) mass is 368 g/mol. The zero-order chi connectivity index (χ0) is 19.6. The smallest absolute Gasteiger partial charge is 0.155 e. The Morgan fingerprint density at radius 1 is 1.11 bits per heavy atom. The highest BCUT2D eigenvalue weighted by Crippen LogP contribution is 2.34. The quantitative estimate of drug-likeness (QED) is 0.511. The van der Waals surface area contributed by atoms with Gasteiger partial charge in [0.1, 0.15) is 17.7 Å². The first kappa shape index (κ1) is 19.1. The van der Waals surface area contributed by atoms with Crippen LogP contribution in [0.1, 0.15) is 19.9 Å². The standard InChI is InChI=1S/C20H28N6O/c1-14(2)26-18(15-6-8-16(27-5)9-7-15)12-17-19(22-13-23-20(17)26)25(21)11-10-24(3)4/h6-9,12-14H,10-11,21H2,1-5H3. The van der Waals surface area contributed by atoms with E-state index in [-0.39, 0.29) is 6.04 Å². The van der Waals surface area contributed by atoms with Crippen molar-refractivity contribution >= 4 is 16.9 Å². The first-order chi connectivity index (χ1) is 12.9. The van der Waals surface area contributed by atoms with Crippen LogP contribution in [0.25, 0.3) is 22.3 Å². The Morgan fingerprint density at radius 2 is 1.81 bits per heavy atom. The second-order valence-corrected chi connectivity index (χ2v) is 7.15. The van der Waals surface area contributed by atoms with Gasteiger partial charge in [-0.15, -0.1) is 0 Å². The van der Waals surface area contributed by atoms with E-state index in [1.807, 2.05) is 26.2 Å². The van der Waals surface area contributed by atoms with Crippen LogP contribution in [-0.4, -0.2) is 53.7 Å². The maximum absolute atomic E-state index is 6.31. The van der Waals surface area contributed by atoms with Crippen molar-refractivity contribution < 1.29 is 4.74 Å². The first-order valence-corrected chi connectivity index (χ1v) is 9.09. The van der Waals surface area contributed by atoms with Crippen LogP contribution in [0.2, 0.25) is 0 Å². The summed E-state index contributed by atoms with van der Waals surface area (Å²) < 4.78 is 7.51. The molecule has 0 saturated carbocycles. The number of rotatable bonds is 7. The van der Waals surface area contributed by atoms with Crippen LogP contribution in [0.4, 0.5) is 5.82 Å². The van der Waals surface area contributed by atoms with E-state index in [1.54, 1.807) is 18.4 Å². The summed E-state index contributed by atoms with van der Waals surface area (Å²) >= 11 is 0. The van der Waals surface area contributed by atoms with Gasteiger partial charge in [0, 0.05) is 19.1 Å². The SMILES string of the molecule is COc1ccc(-c2cc3c(N(N)CCN(C)C)ncnc3n2C(C)C)cc1. The lowest BCUT2D eigenvalue weighted by Crippen LogP contribution is -2.37. The first-order valence-electron chi connectivity index (χ1n) is 9.09. The number of hydrazine groups is 1. The van der Waals surface area contributed by atoms with Crippen LogP contribution in [-0.2, 0) is 0 Å². The van der Waals surface area contributed by atoms with Crippen LogP contribution >= 0.6 is 0 Å². The molecule has 0 unspecified atom stereocenters. The Hall–Kier alpha value is -2.64. The lowest BCUT2D eigenvalue weighted by atomic mass is 10.1. The molecule has 0 aliphatic heterocycles. The van der Waals surface area contributed by atoms with Crippen LogP contribution in [0.15, 0.2) is 36.7 Å². The second-order valence-electron chi connectivity index (χ2n) is 7.15. The maximum atomic E-state index is 6.31. The molecule has 7 heteroatoms. The number of hydrogen-bond donors (Lipinski definition) is 1. The van der Waals surface area contributed by atoms with Crippen LogP contribution in [0, 0.1) is 0 Å². The average Bonchev–Trinajstić information content (AvgIpc) is 3.05. The summed E-state index contributed by atoms with van der Waals surface area (Å²) in [6.07, 6.45) is 1.59. The predicted octanol–water partition coefficient (Wildman–Crippen LogP) is 2.93. The van der Waals surface area contributed by atoms with Crippen LogP contribution in [0.5, 0.6) is 5.75 Å². The number of likely N-dealkylation sites (N-methyl/N-ethyl adjacent to an activating group) is 1. The summed E-state index contributed by atoms with van der Waals surface area (Å²) in [6, 6.07) is 10.4. The molecule has 0 radical (unpaired) electrons. The highest BCUT2D eigenvalue weighted by atomic mass is 16.5. The number of aromatic nitrogens is 3. The molecule has 7 nitrogen and oxygen atoms in total. The number of anilines is 1. The number of nitrogens with zero attached hydrogens (tertiary/aromatic N) is 5. The molecule has 0 bridgehead atoms. The molecule has 27 heavy (non-hydrogen) atoms. The molecule has 2 aromatic heterocycles. The lowest BCUT2D eigenvalue weighted by molar-refractivity contribution is 0.413. The zero-order valence-corrected chi connectivity index (χ0v) is 16.7. The van der Waals surface area contributed by atoms with Crippen molar-refractivity contribution in [3.8, 4) is 17.0 Å². The summed E-state index contributed by atoms with van der Waals surface area (Å²) in [7, 11) is 5.73. The van der Waals surface area contributed by atoms with Gasteiger partial charge >= 0.3 is 0 Å². The molecule has 0 amide bonds. The fourth-order valence-corrected chi connectivity index (χ4v) is 3.17. The van der Waals surface area contributed by atoms with Gasteiger partial charge in [0.2, 0.25) is 0 Å². The molecule has 0 aliphatic carbocycles. The van der Waals surface area contributed by atoms with E-state index in [1.165, 1.54) is 0 Å². The fourth-order valence-electron chi connectivity index (χ4n) is 3.17. The number of nitrogens with two attached hydrogens (primary N) is 1. The van der Waals surface area contributed by atoms with Crippen molar-refractivity contribution in [1.29, 1.82) is 0 Å². The van der Waals surface area contributed by atoms with Crippen molar-refractivity contribution in [3.63, 3.8) is 0 Å². The molecule has 2 heterocycles. The normalized spacial score (nSPS) is 11.6. The summed E-state index contributed by atoms with van der Waals surface area (Å²) in [5.74, 6) is 7.89. The molecule has 0 aliphatic rings. The molecule has 0 atom stereocenters. The Morgan fingerprint density at radius 3 is 2.41 bits per heavy atom. The Bertz CT molecular complexity index is 901. The highest BCUT2D eigenvalue weighted by Gasteiger charge is 2.19. The fraction of sp³-hybridized carbons (Fsp3) is 0.400. The zero-order valence-electron chi connectivity index (χ0n) is 16.7. The van der Waals surface area contributed by atoms with Crippen molar-refractivity contribution in [1.82, 2.24) is 19.4 Å². The van der Waals surface area contributed by atoms with E-state index in [0.29, 0.717) is 6.54 Å². The topological polar surface area (TPSA) is 72.4 Å². The van der Waals surface area contributed by atoms with E-state index in [9.17, 15) is 0 Å². The highest BCUT2D eigenvalue weighted by molar-refractivity contribution is 5.92. The molecule has 3 rings (SSSR count). The van der Waals surface area contributed by atoms with Crippen molar-refractivity contribution in [3.05, 3.63) is 36.7 Å². The lowest BCUT2D eigenvalue weighted by Gasteiger charge is -2.20. The molecule has 0 spiro atoms. The molecule has 0 saturated heterocycles. The van der Waals surface area contributed by atoms with E-state index in [4.69, 9.17) is 10.6 Å². The van der Waals surface area contributed by atoms with Gasteiger partial charge in [-0.2, -0.15) is 0 Å². The van der Waals surface area contributed by atoms with E-state index < -0.39 is 0 Å². The minimum absolute atomic E-state index is 0.246. The van der Waals surface area contributed by atoms with Gasteiger partial charge in [-0.25, -0.2) is 15.8 Å². The third-order valence-electron chi connectivity index (χ3n) is 4.57. The molecule has 1 aromatic carbocycles. The number of fused-ring (bicyclic) bond motifs is 1. The largest absolute Gasteiger partial charge is 0.497 e. The minimum Gasteiger partial charge on any atom is -0.497 e. The Balaban J connectivity index is 2.11. The van der Waals surface area contributed by atoms with Crippen molar-refractivity contribution in [2.24, 2.45) is 5.84 Å². The maximum Gasteiger partial charge on any atom is 0.155 e. The molecule has 2 N–H and O–H groups in total. The minimum atomic E-state index is 0.246. The summed E-state index contributed by atoms with van der Waals surface area (Å²) in [5.41, 5.74) is 3.08. The summed E-state index contributed by atoms with van der Waals surface area (Å²) in [4.78, 5) is 11.1.